The molecule has 1 saturated heterocycles. The lowest BCUT2D eigenvalue weighted by Gasteiger charge is -2.10. The van der Waals surface area contributed by atoms with Gasteiger partial charge in [-0.1, -0.05) is 12.1 Å². The molecular weight excluding hydrogens is 242 g/mol. The number of carbonyl (C=O) groups is 2. The zero-order valence-corrected chi connectivity index (χ0v) is 10.8. The van der Waals surface area contributed by atoms with E-state index in [4.69, 9.17) is 5.73 Å². The van der Waals surface area contributed by atoms with E-state index in [1.165, 1.54) is 0 Å². The zero-order valence-electron chi connectivity index (χ0n) is 10.8. The van der Waals surface area contributed by atoms with Gasteiger partial charge in [0.05, 0.1) is 6.42 Å². The number of amides is 2. The molecule has 5 nitrogen and oxygen atoms in total. The minimum Gasteiger partial charge on any atom is -0.369 e. The fourth-order valence-electron chi connectivity index (χ4n) is 2.27. The molecule has 5 heteroatoms. The normalized spacial score (nSPS) is 18.2. The summed E-state index contributed by atoms with van der Waals surface area (Å²) in [6, 6.07) is 7.48. The van der Waals surface area contributed by atoms with Crippen LogP contribution in [0.2, 0.25) is 0 Å². The van der Waals surface area contributed by atoms with E-state index in [9.17, 15) is 9.59 Å². The third-order valence-corrected chi connectivity index (χ3v) is 3.21. The summed E-state index contributed by atoms with van der Waals surface area (Å²) in [5.41, 5.74) is 6.72. The molecule has 1 unspecified atom stereocenters. The number of primary amides is 1. The van der Waals surface area contributed by atoms with E-state index in [0.717, 1.165) is 30.6 Å². The van der Waals surface area contributed by atoms with Crippen molar-refractivity contribution in [3.05, 3.63) is 29.8 Å². The van der Waals surface area contributed by atoms with Crippen LogP contribution in [0.5, 0.6) is 0 Å². The van der Waals surface area contributed by atoms with Crippen molar-refractivity contribution in [1.29, 1.82) is 0 Å². The smallest absolute Gasteiger partial charge is 0.225 e. The topological polar surface area (TPSA) is 84.2 Å². The van der Waals surface area contributed by atoms with Gasteiger partial charge in [-0.15, -0.1) is 0 Å². The predicted molar refractivity (Wildman–Crippen MR) is 73.6 cm³/mol. The number of nitrogens with one attached hydrogen (secondary N) is 2. The van der Waals surface area contributed by atoms with Gasteiger partial charge in [-0.3, -0.25) is 9.59 Å². The van der Waals surface area contributed by atoms with E-state index in [1.807, 2.05) is 0 Å². The number of benzene rings is 1. The Hall–Kier alpha value is -1.88. The molecule has 1 aromatic rings. The first kappa shape index (κ1) is 13.5. The van der Waals surface area contributed by atoms with E-state index in [-0.39, 0.29) is 18.2 Å². The summed E-state index contributed by atoms with van der Waals surface area (Å²) >= 11 is 0. The van der Waals surface area contributed by atoms with E-state index in [2.05, 4.69) is 10.6 Å². The van der Waals surface area contributed by atoms with Crippen molar-refractivity contribution < 1.29 is 9.59 Å². The second-order valence-electron chi connectivity index (χ2n) is 4.89. The lowest BCUT2D eigenvalue weighted by atomic mass is 10.1. The molecular formula is C14H19N3O2. The molecule has 0 spiro atoms. The van der Waals surface area contributed by atoms with Gasteiger partial charge in [0, 0.05) is 18.2 Å². The molecule has 1 heterocycles. The summed E-state index contributed by atoms with van der Waals surface area (Å²) in [5, 5.41) is 6.15. The largest absolute Gasteiger partial charge is 0.369 e. The van der Waals surface area contributed by atoms with Gasteiger partial charge in [-0.2, -0.15) is 0 Å². The van der Waals surface area contributed by atoms with Crippen molar-refractivity contribution in [2.75, 3.05) is 11.9 Å². The second-order valence-corrected chi connectivity index (χ2v) is 4.89. The van der Waals surface area contributed by atoms with Crippen LogP contribution in [0.3, 0.4) is 0 Å². The van der Waals surface area contributed by atoms with Gasteiger partial charge in [-0.05, 0) is 37.1 Å². The summed E-state index contributed by atoms with van der Waals surface area (Å²) in [7, 11) is 0. The second kappa shape index (κ2) is 6.33. The number of rotatable bonds is 5. The molecule has 1 aliphatic rings. The zero-order chi connectivity index (χ0) is 13.7. The van der Waals surface area contributed by atoms with Crippen LogP contribution in [0.1, 0.15) is 24.8 Å². The maximum Gasteiger partial charge on any atom is 0.225 e. The Morgan fingerprint density at radius 3 is 2.63 bits per heavy atom. The number of nitrogens with two attached hydrogens (primary N) is 1. The number of carbonyl (C=O) groups excluding carboxylic acids is 2. The first-order chi connectivity index (χ1) is 9.13. The lowest BCUT2D eigenvalue weighted by Crippen LogP contribution is -2.27. The number of anilines is 1. The first-order valence-electron chi connectivity index (χ1n) is 6.54. The summed E-state index contributed by atoms with van der Waals surface area (Å²) in [5.74, 6) is -0.342. The van der Waals surface area contributed by atoms with Gasteiger partial charge < -0.3 is 16.4 Å². The highest BCUT2D eigenvalue weighted by Gasteiger charge is 2.17. The minimum absolute atomic E-state index is 0.0158. The summed E-state index contributed by atoms with van der Waals surface area (Å²) in [6.07, 6.45) is 2.92. The first-order valence-corrected chi connectivity index (χ1v) is 6.54. The number of hydrogen-bond acceptors (Lipinski definition) is 3. The molecule has 4 N–H and O–H groups in total. The summed E-state index contributed by atoms with van der Waals surface area (Å²) in [4.78, 5) is 22.6. The van der Waals surface area contributed by atoms with E-state index < -0.39 is 0 Å². The Morgan fingerprint density at radius 1 is 1.32 bits per heavy atom. The fraction of sp³-hybridized carbons (Fsp3) is 0.429. The summed E-state index contributed by atoms with van der Waals surface area (Å²) in [6.45, 7) is 1.000. The van der Waals surface area contributed by atoms with Gasteiger partial charge in [0.15, 0.2) is 0 Å². The van der Waals surface area contributed by atoms with Crippen LogP contribution < -0.4 is 16.4 Å². The Morgan fingerprint density at radius 2 is 2.05 bits per heavy atom. The van der Waals surface area contributed by atoms with Gasteiger partial charge in [0.2, 0.25) is 11.8 Å². The Kier molecular flexibility index (Phi) is 4.52. The van der Waals surface area contributed by atoms with Gasteiger partial charge in [-0.25, -0.2) is 0 Å². The maximum absolute atomic E-state index is 11.8. The van der Waals surface area contributed by atoms with Gasteiger partial charge in [0.1, 0.15) is 0 Å². The van der Waals surface area contributed by atoms with Crippen LogP contribution in [0.15, 0.2) is 24.3 Å². The molecule has 1 aromatic carbocycles. The highest BCUT2D eigenvalue weighted by molar-refractivity contribution is 5.91. The van der Waals surface area contributed by atoms with Crippen LogP contribution in [-0.4, -0.2) is 24.4 Å². The molecule has 102 valence electrons. The number of hydrogen-bond donors (Lipinski definition) is 3. The molecule has 0 aliphatic carbocycles. The van der Waals surface area contributed by atoms with Crippen LogP contribution in [0, 0.1) is 0 Å². The molecule has 0 saturated carbocycles. The monoisotopic (exact) mass is 261 g/mol. The van der Waals surface area contributed by atoms with Crippen molar-refractivity contribution in [1.82, 2.24) is 5.32 Å². The third kappa shape index (κ3) is 4.37. The highest BCUT2D eigenvalue weighted by atomic mass is 16.1. The van der Waals surface area contributed by atoms with Crippen LogP contribution in [-0.2, 0) is 16.0 Å². The maximum atomic E-state index is 11.8. The summed E-state index contributed by atoms with van der Waals surface area (Å²) < 4.78 is 0. The molecule has 0 radical (unpaired) electrons. The van der Waals surface area contributed by atoms with Gasteiger partial charge in [0.25, 0.3) is 0 Å². The SMILES string of the molecule is NC(=O)Cc1ccc(NC(=O)CC2CCCN2)cc1. The molecule has 2 amide bonds. The standard InChI is InChI=1S/C14H19N3O2/c15-13(18)8-10-3-5-11(6-4-10)17-14(19)9-12-2-1-7-16-12/h3-6,12,16H,1-2,7-9H2,(H2,15,18)(H,17,19). The third-order valence-electron chi connectivity index (χ3n) is 3.21. The Bertz CT molecular complexity index is 450. The van der Waals surface area contributed by atoms with Crippen LogP contribution >= 0.6 is 0 Å². The van der Waals surface area contributed by atoms with Crippen molar-refractivity contribution in [3.8, 4) is 0 Å². The van der Waals surface area contributed by atoms with Gasteiger partial charge >= 0.3 is 0 Å². The van der Waals surface area contributed by atoms with E-state index in [1.54, 1.807) is 24.3 Å². The molecule has 1 atom stereocenters. The predicted octanol–water partition coefficient (Wildman–Crippen LogP) is 0.795. The van der Waals surface area contributed by atoms with E-state index in [0.29, 0.717) is 12.5 Å². The Labute approximate surface area is 112 Å². The van der Waals surface area contributed by atoms with Crippen LogP contribution in [0.4, 0.5) is 5.69 Å². The van der Waals surface area contributed by atoms with Crippen molar-refractivity contribution in [2.24, 2.45) is 5.73 Å². The molecule has 2 rings (SSSR count). The van der Waals surface area contributed by atoms with E-state index >= 15 is 0 Å². The molecule has 19 heavy (non-hydrogen) atoms. The average Bonchev–Trinajstić information content (AvgIpc) is 2.83. The molecule has 1 fully saturated rings. The van der Waals surface area contributed by atoms with Crippen molar-refractivity contribution in [3.63, 3.8) is 0 Å². The average molecular weight is 261 g/mol. The Balaban J connectivity index is 1.84. The van der Waals surface area contributed by atoms with Crippen LogP contribution in [0.25, 0.3) is 0 Å². The lowest BCUT2D eigenvalue weighted by molar-refractivity contribution is -0.117. The molecule has 1 aliphatic heterocycles. The molecule has 0 aromatic heterocycles. The minimum atomic E-state index is -0.357. The highest BCUT2D eigenvalue weighted by Crippen LogP contribution is 2.13. The molecule has 0 bridgehead atoms. The fourth-order valence-corrected chi connectivity index (χ4v) is 2.27. The quantitative estimate of drug-likeness (QED) is 0.733. The van der Waals surface area contributed by atoms with Crippen molar-refractivity contribution in [2.45, 2.75) is 31.7 Å². The van der Waals surface area contributed by atoms with Crippen molar-refractivity contribution >= 4 is 17.5 Å².